The Morgan fingerprint density at radius 2 is 2.07 bits per heavy atom. The highest BCUT2D eigenvalue weighted by Gasteiger charge is 2.34. The Balaban J connectivity index is 1.50. The van der Waals surface area contributed by atoms with Gasteiger partial charge >= 0.3 is 0 Å². The number of para-hydroxylation sites is 1. The number of hydrogen-bond acceptors (Lipinski definition) is 4. The highest BCUT2D eigenvalue weighted by molar-refractivity contribution is 5.81. The molecule has 28 heavy (non-hydrogen) atoms. The van der Waals surface area contributed by atoms with E-state index in [9.17, 15) is 9.59 Å². The molecule has 0 spiro atoms. The number of rotatable bonds is 8. The summed E-state index contributed by atoms with van der Waals surface area (Å²) < 4.78 is 5.65. The van der Waals surface area contributed by atoms with Crippen LogP contribution in [0.25, 0.3) is 0 Å². The molecule has 6 nitrogen and oxygen atoms in total. The number of benzene rings is 1. The van der Waals surface area contributed by atoms with Gasteiger partial charge in [-0.05, 0) is 44.4 Å². The van der Waals surface area contributed by atoms with Gasteiger partial charge in [-0.25, -0.2) is 0 Å². The number of likely N-dealkylation sites (tertiary alicyclic amines) is 1. The zero-order valence-electron chi connectivity index (χ0n) is 16.9. The molecule has 1 N–H and O–H groups in total. The van der Waals surface area contributed by atoms with E-state index in [0.29, 0.717) is 25.6 Å². The van der Waals surface area contributed by atoms with Crippen LogP contribution in [-0.4, -0.2) is 67.0 Å². The minimum absolute atomic E-state index is 0.0695. The largest absolute Gasteiger partial charge is 0.493 e. The van der Waals surface area contributed by atoms with Crippen molar-refractivity contribution in [3.63, 3.8) is 0 Å². The second-order valence-electron chi connectivity index (χ2n) is 7.77. The monoisotopic (exact) mass is 387 g/mol. The summed E-state index contributed by atoms with van der Waals surface area (Å²) in [6.45, 7) is 6.45. The van der Waals surface area contributed by atoms with Crippen molar-refractivity contribution in [2.75, 3.05) is 39.3 Å². The van der Waals surface area contributed by atoms with Crippen molar-refractivity contribution in [3.8, 4) is 5.75 Å². The first kappa shape index (κ1) is 20.6. The summed E-state index contributed by atoms with van der Waals surface area (Å²) in [6, 6.07) is 9.85. The summed E-state index contributed by atoms with van der Waals surface area (Å²) in [5, 5.41) is 3.36. The third kappa shape index (κ3) is 5.47. The van der Waals surface area contributed by atoms with Crippen LogP contribution in [0.3, 0.4) is 0 Å². The van der Waals surface area contributed by atoms with Gasteiger partial charge in [0.05, 0.1) is 18.9 Å². The fraction of sp³-hybridized carbons (Fsp3) is 0.636. The van der Waals surface area contributed by atoms with Gasteiger partial charge < -0.3 is 19.9 Å². The number of piperidine rings is 1. The van der Waals surface area contributed by atoms with Crippen molar-refractivity contribution in [3.05, 3.63) is 30.3 Å². The van der Waals surface area contributed by atoms with Crippen LogP contribution < -0.4 is 10.1 Å². The maximum absolute atomic E-state index is 13.2. The molecule has 2 aliphatic heterocycles. The van der Waals surface area contributed by atoms with Gasteiger partial charge in [-0.2, -0.15) is 0 Å². The Morgan fingerprint density at radius 3 is 2.79 bits per heavy atom. The predicted octanol–water partition coefficient (Wildman–Crippen LogP) is 2.29. The highest BCUT2D eigenvalue weighted by Crippen LogP contribution is 2.22. The summed E-state index contributed by atoms with van der Waals surface area (Å²) in [5.74, 6) is 1.02. The van der Waals surface area contributed by atoms with Gasteiger partial charge in [0.1, 0.15) is 5.75 Å². The van der Waals surface area contributed by atoms with Crippen LogP contribution >= 0.6 is 0 Å². The molecule has 2 atom stereocenters. The van der Waals surface area contributed by atoms with E-state index < -0.39 is 0 Å². The Kier molecular flexibility index (Phi) is 7.71. The second-order valence-corrected chi connectivity index (χ2v) is 7.77. The summed E-state index contributed by atoms with van der Waals surface area (Å²) in [4.78, 5) is 29.7. The fourth-order valence-corrected chi connectivity index (χ4v) is 4.19. The lowest BCUT2D eigenvalue weighted by molar-refractivity contribution is -0.142. The summed E-state index contributed by atoms with van der Waals surface area (Å²) in [7, 11) is 0. The van der Waals surface area contributed by atoms with Gasteiger partial charge in [0.25, 0.3) is 0 Å². The van der Waals surface area contributed by atoms with Crippen LogP contribution in [0.15, 0.2) is 30.3 Å². The Bertz CT molecular complexity index is 631. The van der Waals surface area contributed by atoms with Gasteiger partial charge in [-0.3, -0.25) is 9.59 Å². The van der Waals surface area contributed by atoms with E-state index in [2.05, 4.69) is 17.1 Å². The normalized spacial score (nSPS) is 22.1. The molecule has 0 saturated carbocycles. The molecule has 1 aromatic rings. The number of carbonyl (C=O) groups is 2. The molecule has 1 aromatic carbocycles. The average molecular weight is 388 g/mol. The molecule has 2 amide bonds. The molecule has 0 aliphatic carbocycles. The Labute approximate surface area is 168 Å². The molecular formula is C22H33N3O3. The Morgan fingerprint density at radius 1 is 1.25 bits per heavy atom. The smallest absolute Gasteiger partial charge is 0.227 e. The van der Waals surface area contributed by atoms with Crippen molar-refractivity contribution >= 4 is 11.8 Å². The van der Waals surface area contributed by atoms with E-state index >= 15 is 0 Å². The topological polar surface area (TPSA) is 61.9 Å². The zero-order valence-corrected chi connectivity index (χ0v) is 16.9. The number of amides is 2. The maximum atomic E-state index is 13.2. The van der Waals surface area contributed by atoms with Crippen LogP contribution in [0, 0.1) is 5.92 Å². The zero-order chi connectivity index (χ0) is 19.8. The Hall–Kier alpha value is -2.08. The minimum Gasteiger partial charge on any atom is -0.493 e. The highest BCUT2D eigenvalue weighted by atomic mass is 16.5. The fourth-order valence-electron chi connectivity index (χ4n) is 4.19. The number of nitrogens with zero attached hydrogens (tertiary/aromatic N) is 2. The van der Waals surface area contributed by atoms with Crippen molar-refractivity contribution in [2.45, 2.75) is 45.1 Å². The third-order valence-corrected chi connectivity index (χ3v) is 5.67. The average Bonchev–Trinajstić information content (AvgIpc) is 3.27. The molecule has 2 saturated heterocycles. The standard InChI is InChI=1S/C22H33N3O3/c1-2-13-25(19-10-12-23-16-19)22(27)18-7-6-14-24(17-18)21(26)11-15-28-20-8-4-3-5-9-20/h3-5,8-9,18-19,23H,2,6-7,10-17H2,1H3. The first-order valence-corrected chi connectivity index (χ1v) is 10.7. The summed E-state index contributed by atoms with van der Waals surface area (Å²) >= 11 is 0. The van der Waals surface area contributed by atoms with E-state index in [1.807, 2.05) is 35.2 Å². The summed E-state index contributed by atoms with van der Waals surface area (Å²) in [5.41, 5.74) is 0. The van der Waals surface area contributed by atoms with E-state index in [1.165, 1.54) is 0 Å². The lowest BCUT2D eigenvalue weighted by Crippen LogP contribution is -2.50. The first-order valence-electron chi connectivity index (χ1n) is 10.7. The van der Waals surface area contributed by atoms with Crippen molar-refractivity contribution < 1.29 is 14.3 Å². The van der Waals surface area contributed by atoms with Crippen LogP contribution in [-0.2, 0) is 9.59 Å². The van der Waals surface area contributed by atoms with E-state index in [0.717, 1.165) is 57.6 Å². The molecular weight excluding hydrogens is 354 g/mol. The van der Waals surface area contributed by atoms with Crippen LogP contribution in [0.4, 0.5) is 0 Å². The molecule has 3 rings (SSSR count). The molecule has 2 unspecified atom stereocenters. The number of hydrogen-bond donors (Lipinski definition) is 1. The van der Waals surface area contributed by atoms with Crippen molar-refractivity contribution in [1.29, 1.82) is 0 Å². The maximum Gasteiger partial charge on any atom is 0.227 e. The molecule has 6 heteroatoms. The van der Waals surface area contributed by atoms with Crippen LogP contribution in [0.2, 0.25) is 0 Å². The molecule has 154 valence electrons. The van der Waals surface area contributed by atoms with Crippen molar-refractivity contribution in [1.82, 2.24) is 15.1 Å². The van der Waals surface area contributed by atoms with E-state index in [-0.39, 0.29) is 17.7 Å². The molecule has 0 aromatic heterocycles. The van der Waals surface area contributed by atoms with E-state index in [1.54, 1.807) is 0 Å². The minimum atomic E-state index is -0.0695. The number of ether oxygens (including phenoxy) is 1. The van der Waals surface area contributed by atoms with Crippen molar-refractivity contribution in [2.24, 2.45) is 5.92 Å². The van der Waals surface area contributed by atoms with Gasteiger partial charge in [0, 0.05) is 32.2 Å². The SMILES string of the molecule is CCCN(C(=O)C1CCCN(C(=O)CCOc2ccccc2)C1)C1CCNC1. The predicted molar refractivity (Wildman–Crippen MR) is 109 cm³/mol. The number of nitrogens with one attached hydrogen (secondary N) is 1. The molecule has 0 radical (unpaired) electrons. The molecule has 2 aliphatic rings. The van der Waals surface area contributed by atoms with Gasteiger partial charge in [-0.15, -0.1) is 0 Å². The van der Waals surface area contributed by atoms with Crippen LogP contribution in [0.1, 0.15) is 39.0 Å². The molecule has 0 bridgehead atoms. The van der Waals surface area contributed by atoms with Crippen LogP contribution in [0.5, 0.6) is 5.75 Å². The number of carbonyl (C=O) groups excluding carboxylic acids is 2. The van der Waals surface area contributed by atoms with Gasteiger partial charge in [-0.1, -0.05) is 25.1 Å². The lowest BCUT2D eigenvalue weighted by Gasteiger charge is -2.37. The molecule has 2 heterocycles. The quantitative estimate of drug-likeness (QED) is 0.744. The summed E-state index contributed by atoms with van der Waals surface area (Å²) in [6.07, 6.45) is 4.11. The second kappa shape index (κ2) is 10.5. The first-order chi connectivity index (χ1) is 13.7. The van der Waals surface area contributed by atoms with Gasteiger partial charge in [0.15, 0.2) is 0 Å². The third-order valence-electron chi connectivity index (χ3n) is 5.67. The molecule has 2 fully saturated rings. The lowest BCUT2D eigenvalue weighted by atomic mass is 9.95. The van der Waals surface area contributed by atoms with Gasteiger partial charge in [0.2, 0.25) is 11.8 Å². The van der Waals surface area contributed by atoms with E-state index in [4.69, 9.17) is 4.74 Å².